The van der Waals surface area contributed by atoms with Gasteiger partial charge in [-0.05, 0) is 57.4 Å². The van der Waals surface area contributed by atoms with Crippen molar-refractivity contribution in [2.75, 3.05) is 13.1 Å². The smallest absolute Gasteiger partial charge is 0.269 e. The molecule has 2 amide bonds. The van der Waals surface area contributed by atoms with Crippen LogP contribution in [0.5, 0.6) is 0 Å². The van der Waals surface area contributed by atoms with Gasteiger partial charge in [-0.1, -0.05) is 28.9 Å². The van der Waals surface area contributed by atoms with Crippen LogP contribution in [0.3, 0.4) is 0 Å². The second kappa shape index (κ2) is 10.9. The Kier molecular flexibility index (Phi) is 7.64. The summed E-state index contributed by atoms with van der Waals surface area (Å²) in [6.45, 7) is 4.01. The van der Waals surface area contributed by atoms with Crippen molar-refractivity contribution >= 4 is 29.1 Å². The Morgan fingerprint density at radius 2 is 1.97 bits per heavy atom. The fourth-order valence-corrected chi connectivity index (χ4v) is 4.41. The summed E-state index contributed by atoms with van der Waals surface area (Å²) >= 11 is 6.08. The lowest BCUT2D eigenvalue weighted by Gasteiger charge is -2.36. The second-order valence-corrected chi connectivity index (χ2v) is 9.33. The maximum Gasteiger partial charge on any atom is 0.269 e. The molecule has 0 spiro atoms. The molecule has 2 aromatic carbocycles. The molecule has 0 radical (unpaired) electrons. The van der Waals surface area contributed by atoms with E-state index in [4.69, 9.17) is 16.1 Å². The highest BCUT2D eigenvalue weighted by molar-refractivity contribution is 6.30. The first-order valence-electron chi connectivity index (χ1n) is 11.7. The van der Waals surface area contributed by atoms with Crippen LogP contribution in [-0.4, -0.2) is 55.8 Å². The number of aromatic nitrogens is 2. The number of non-ortho nitro benzene ring substituents is 1. The van der Waals surface area contributed by atoms with E-state index >= 15 is 0 Å². The SMILES string of the molecule is CC(C)N(CC(=O)N1CCCCC1c1nc(-c2cccc(Cl)c2)no1)C(=O)c1ccc([N+](=O)[O-])cc1. The average molecular weight is 512 g/mol. The molecular weight excluding hydrogens is 486 g/mol. The molecule has 1 fully saturated rings. The summed E-state index contributed by atoms with van der Waals surface area (Å²) in [5, 5.41) is 15.6. The van der Waals surface area contributed by atoms with Gasteiger partial charge in [-0.2, -0.15) is 4.98 Å². The number of rotatable bonds is 7. The second-order valence-electron chi connectivity index (χ2n) is 8.90. The Balaban J connectivity index is 1.52. The van der Waals surface area contributed by atoms with Crippen LogP contribution in [0.1, 0.15) is 55.4 Å². The van der Waals surface area contributed by atoms with E-state index < -0.39 is 11.0 Å². The minimum Gasteiger partial charge on any atom is -0.337 e. The van der Waals surface area contributed by atoms with Crippen molar-refractivity contribution in [2.24, 2.45) is 0 Å². The largest absolute Gasteiger partial charge is 0.337 e. The van der Waals surface area contributed by atoms with E-state index in [2.05, 4.69) is 10.1 Å². The van der Waals surface area contributed by atoms with Crippen LogP contribution >= 0.6 is 11.6 Å². The predicted octanol–water partition coefficient (Wildman–Crippen LogP) is 4.90. The monoisotopic (exact) mass is 511 g/mol. The van der Waals surface area contributed by atoms with E-state index in [1.807, 2.05) is 19.9 Å². The third kappa shape index (κ3) is 5.54. The molecule has 3 aromatic rings. The van der Waals surface area contributed by atoms with Crippen molar-refractivity contribution in [2.45, 2.75) is 45.2 Å². The summed E-state index contributed by atoms with van der Waals surface area (Å²) in [4.78, 5) is 44.7. The molecule has 0 aliphatic carbocycles. The van der Waals surface area contributed by atoms with Gasteiger partial charge in [-0.15, -0.1) is 0 Å². The van der Waals surface area contributed by atoms with Gasteiger partial charge in [-0.3, -0.25) is 19.7 Å². The first kappa shape index (κ1) is 25.3. The highest BCUT2D eigenvalue weighted by Gasteiger charge is 2.34. The molecule has 0 bridgehead atoms. The number of carbonyl (C=O) groups is 2. The van der Waals surface area contributed by atoms with Gasteiger partial charge in [0.1, 0.15) is 12.6 Å². The van der Waals surface area contributed by atoms with E-state index in [1.165, 1.54) is 29.2 Å². The zero-order chi connectivity index (χ0) is 25.8. The zero-order valence-electron chi connectivity index (χ0n) is 20.0. The van der Waals surface area contributed by atoms with Gasteiger partial charge in [0.15, 0.2) is 0 Å². The fourth-order valence-electron chi connectivity index (χ4n) is 4.22. The van der Waals surface area contributed by atoms with Crippen molar-refractivity contribution in [3.8, 4) is 11.4 Å². The molecule has 4 rings (SSSR count). The molecule has 188 valence electrons. The Morgan fingerprint density at radius 1 is 1.22 bits per heavy atom. The van der Waals surface area contributed by atoms with E-state index in [0.29, 0.717) is 35.3 Å². The number of nitro groups is 1. The summed E-state index contributed by atoms with van der Waals surface area (Å²) in [6, 6.07) is 11.8. The number of carbonyl (C=O) groups excluding carboxylic acids is 2. The third-order valence-corrected chi connectivity index (χ3v) is 6.38. The van der Waals surface area contributed by atoms with Crippen molar-refractivity contribution in [1.29, 1.82) is 0 Å². The topological polar surface area (TPSA) is 123 Å². The molecule has 1 atom stereocenters. The number of hydrogen-bond donors (Lipinski definition) is 0. The van der Waals surface area contributed by atoms with Gasteiger partial charge in [0, 0.05) is 40.9 Å². The minimum atomic E-state index is -0.524. The van der Waals surface area contributed by atoms with Crippen LogP contribution in [0, 0.1) is 10.1 Å². The standard InChI is InChI=1S/C25H26ClN5O5/c1-16(2)30(25(33)17-9-11-20(12-10-17)31(34)35)15-22(32)29-13-4-3-8-21(29)24-27-23(28-36-24)18-6-5-7-19(26)14-18/h5-7,9-12,14,16,21H,3-4,8,13,15H2,1-2H3. The maximum atomic E-state index is 13.4. The number of likely N-dealkylation sites (tertiary alicyclic amines) is 1. The molecule has 11 heteroatoms. The third-order valence-electron chi connectivity index (χ3n) is 6.15. The van der Waals surface area contributed by atoms with Crippen LogP contribution in [0.15, 0.2) is 53.1 Å². The van der Waals surface area contributed by atoms with E-state index in [9.17, 15) is 19.7 Å². The first-order valence-corrected chi connectivity index (χ1v) is 12.1. The molecule has 36 heavy (non-hydrogen) atoms. The lowest BCUT2D eigenvalue weighted by molar-refractivity contribution is -0.384. The molecule has 2 heterocycles. The highest BCUT2D eigenvalue weighted by Crippen LogP contribution is 2.32. The van der Waals surface area contributed by atoms with Crippen LogP contribution < -0.4 is 0 Å². The maximum absolute atomic E-state index is 13.4. The van der Waals surface area contributed by atoms with Crippen LogP contribution in [-0.2, 0) is 4.79 Å². The van der Waals surface area contributed by atoms with Crippen molar-refractivity contribution in [3.05, 3.63) is 75.1 Å². The number of benzene rings is 2. The lowest BCUT2D eigenvalue weighted by Crippen LogP contribution is -2.48. The molecule has 1 aliphatic rings. The number of halogens is 1. The summed E-state index contributed by atoms with van der Waals surface area (Å²) in [5.41, 5.74) is 0.887. The summed E-state index contributed by atoms with van der Waals surface area (Å²) in [7, 11) is 0. The molecule has 10 nitrogen and oxygen atoms in total. The van der Waals surface area contributed by atoms with Crippen molar-refractivity contribution < 1.29 is 19.0 Å². The Hall–Kier alpha value is -3.79. The summed E-state index contributed by atoms with van der Waals surface area (Å²) < 4.78 is 5.54. The van der Waals surface area contributed by atoms with Crippen molar-refractivity contribution in [1.82, 2.24) is 19.9 Å². The van der Waals surface area contributed by atoms with E-state index in [0.717, 1.165) is 12.8 Å². The normalized spacial score (nSPS) is 15.7. The summed E-state index contributed by atoms with van der Waals surface area (Å²) in [6.07, 6.45) is 2.40. The highest BCUT2D eigenvalue weighted by atomic mass is 35.5. The van der Waals surface area contributed by atoms with Gasteiger partial charge < -0.3 is 14.3 Å². The number of piperidine rings is 1. The average Bonchev–Trinajstić information content (AvgIpc) is 3.37. The number of nitro benzene ring substituents is 1. The van der Waals surface area contributed by atoms with Crippen LogP contribution in [0.25, 0.3) is 11.4 Å². The lowest BCUT2D eigenvalue weighted by atomic mass is 10.0. The number of nitrogens with zero attached hydrogens (tertiary/aromatic N) is 5. The summed E-state index contributed by atoms with van der Waals surface area (Å²) in [5.74, 6) is 0.132. The Bertz CT molecular complexity index is 1260. The minimum absolute atomic E-state index is 0.105. The molecular formula is C25H26ClN5O5. The van der Waals surface area contributed by atoms with Crippen LogP contribution in [0.2, 0.25) is 5.02 Å². The zero-order valence-corrected chi connectivity index (χ0v) is 20.7. The van der Waals surface area contributed by atoms with Gasteiger partial charge in [0.05, 0.1) is 4.92 Å². The molecule has 1 unspecified atom stereocenters. The number of amides is 2. The molecule has 0 N–H and O–H groups in total. The van der Waals surface area contributed by atoms with Gasteiger partial charge in [-0.25, -0.2) is 0 Å². The van der Waals surface area contributed by atoms with Gasteiger partial charge in [0.2, 0.25) is 17.6 Å². The first-order chi connectivity index (χ1) is 17.2. The van der Waals surface area contributed by atoms with Crippen molar-refractivity contribution in [3.63, 3.8) is 0 Å². The van der Waals surface area contributed by atoms with Gasteiger partial charge in [0.25, 0.3) is 11.6 Å². The molecule has 1 aliphatic heterocycles. The van der Waals surface area contributed by atoms with E-state index in [-0.39, 0.29) is 35.7 Å². The fraction of sp³-hybridized carbons (Fsp3) is 0.360. The quantitative estimate of drug-likeness (QED) is 0.326. The Morgan fingerprint density at radius 3 is 2.64 bits per heavy atom. The predicted molar refractivity (Wildman–Crippen MR) is 132 cm³/mol. The van der Waals surface area contributed by atoms with E-state index in [1.54, 1.807) is 23.1 Å². The number of hydrogen-bond acceptors (Lipinski definition) is 7. The molecule has 1 aromatic heterocycles. The molecule has 1 saturated heterocycles. The Labute approximate surface area is 213 Å². The van der Waals surface area contributed by atoms with Crippen LogP contribution in [0.4, 0.5) is 5.69 Å². The van der Waals surface area contributed by atoms with Gasteiger partial charge >= 0.3 is 0 Å². The molecule has 0 saturated carbocycles.